The molecule has 1 aliphatic heterocycles. The van der Waals surface area contributed by atoms with Crippen LogP contribution in [0.1, 0.15) is 86.8 Å². The van der Waals surface area contributed by atoms with Gasteiger partial charge in [0.15, 0.2) is 5.65 Å². The monoisotopic (exact) mass is 666 g/mol. The van der Waals surface area contributed by atoms with Crippen molar-refractivity contribution in [1.82, 2.24) is 24.6 Å². The molecule has 0 saturated carbocycles. The van der Waals surface area contributed by atoms with Gasteiger partial charge >= 0.3 is 6.09 Å². The van der Waals surface area contributed by atoms with Gasteiger partial charge in [-0.25, -0.2) is 19.4 Å². The van der Waals surface area contributed by atoms with Crippen LogP contribution >= 0.6 is 0 Å². The maximum absolute atomic E-state index is 12.9. The topological polar surface area (TPSA) is 108 Å². The smallest absolute Gasteiger partial charge is 0.410 e. The molecule has 0 spiro atoms. The molecule has 2 N–H and O–H groups in total. The SMILES string of the molecule is CC(C)[Si](C#Cc1cccc(Oc2ccc(-c3nn([C@@H]4CCCN(C(=O)OC(C)(C)C)C4)c4ncnc(N)c34)cc2)c1)(C(C)C)C(C)C. The summed E-state index contributed by atoms with van der Waals surface area (Å²) in [6.45, 7) is 20.7. The van der Waals surface area contributed by atoms with E-state index in [1.807, 2.05) is 67.9 Å². The lowest BCUT2D eigenvalue weighted by Crippen LogP contribution is -2.43. The summed E-state index contributed by atoms with van der Waals surface area (Å²) in [5, 5.41) is 5.71. The standard InChI is InChI=1S/C38H50N6O3Si/c1-25(2)48(26(3)4,27(5)6)21-19-28-12-10-14-32(22-28)46-31-17-15-29(16-18-31)34-33-35(39)40-24-41-36(33)44(42-34)30-13-11-20-43(23-30)37(45)47-38(7,8)9/h10,12,14-18,22,24-27,30H,11,13,20,23H2,1-9H3,(H2,39,40,41)/t30-/m1/s1. The van der Waals surface area contributed by atoms with Gasteiger partial charge in [-0.15, -0.1) is 5.54 Å². The molecular weight excluding hydrogens is 617 g/mol. The van der Waals surface area contributed by atoms with Crippen molar-refractivity contribution >= 4 is 31.0 Å². The summed E-state index contributed by atoms with van der Waals surface area (Å²) in [6.07, 6.45) is 2.82. The van der Waals surface area contributed by atoms with Crippen molar-refractivity contribution in [1.29, 1.82) is 0 Å². The zero-order valence-electron chi connectivity index (χ0n) is 29.9. The maximum Gasteiger partial charge on any atom is 0.410 e. The number of rotatable bonds is 7. The third-order valence-electron chi connectivity index (χ3n) is 9.40. The number of carbonyl (C=O) groups excluding carboxylic acids is 1. The van der Waals surface area contributed by atoms with E-state index in [2.05, 4.69) is 69.0 Å². The molecule has 1 amide bonds. The van der Waals surface area contributed by atoms with Gasteiger partial charge in [0.05, 0.1) is 11.4 Å². The van der Waals surface area contributed by atoms with Crippen molar-refractivity contribution in [2.24, 2.45) is 0 Å². The van der Waals surface area contributed by atoms with Gasteiger partial charge in [-0.05, 0) is 92.7 Å². The summed E-state index contributed by atoms with van der Waals surface area (Å²) < 4.78 is 13.8. The Labute approximate surface area is 286 Å². The number of anilines is 1. The molecule has 48 heavy (non-hydrogen) atoms. The van der Waals surface area contributed by atoms with E-state index >= 15 is 0 Å². The number of nitrogens with zero attached hydrogens (tertiary/aromatic N) is 5. The van der Waals surface area contributed by atoms with E-state index in [9.17, 15) is 4.79 Å². The fourth-order valence-corrected chi connectivity index (χ4v) is 12.4. The minimum atomic E-state index is -1.84. The molecule has 1 saturated heterocycles. The molecule has 10 heteroatoms. The first kappa shape index (κ1) is 35.0. The van der Waals surface area contributed by atoms with Gasteiger partial charge in [0.2, 0.25) is 0 Å². The number of nitrogen functional groups attached to an aromatic ring is 1. The van der Waals surface area contributed by atoms with E-state index in [0.29, 0.717) is 58.0 Å². The summed E-state index contributed by atoms with van der Waals surface area (Å²) in [6, 6.07) is 15.7. The zero-order valence-corrected chi connectivity index (χ0v) is 30.9. The van der Waals surface area contributed by atoms with E-state index in [-0.39, 0.29) is 12.1 Å². The van der Waals surface area contributed by atoms with Crippen LogP contribution in [0.4, 0.5) is 10.6 Å². The second kappa shape index (κ2) is 14.0. The van der Waals surface area contributed by atoms with E-state index in [0.717, 1.165) is 29.7 Å². The predicted molar refractivity (Wildman–Crippen MR) is 196 cm³/mol. The number of ether oxygens (including phenoxy) is 2. The van der Waals surface area contributed by atoms with E-state index < -0.39 is 13.7 Å². The first-order chi connectivity index (χ1) is 22.7. The van der Waals surface area contributed by atoms with Crippen molar-refractivity contribution in [2.45, 2.75) is 103 Å². The number of piperidine rings is 1. The molecule has 0 aliphatic carbocycles. The van der Waals surface area contributed by atoms with Crippen LogP contribution in [0.25, 0.3) is 22.3 Å². The number of likely N-dealkylation sites (tertiary alicyclic amines) is 1. The van der Waals surface area contributed by atoms with Crippen LogP contribution in [-0.2, 0) is 4.74 Å². The van der Waals surface area contributed by atoms with E-state index in [4.69, 9.17) is 20.3 Å². The fraction of sp³-hybridized carbons (Fsp3) is 0.474. The highest BCUT2D eigenvalue weighted by molar-refractivity contribution is 6.90. The molecule has 0 bridgehead atoms. The fourth-order valence-electron chi connectivity index (χ4n) is 7.17. The van der Waals surface area contributed by atoms with Gasteiger partial charge in [0.25, 0.3) is 0 Å². The summed E-state index contributed by atoms with van der Waals surface area (Å²) in [7, 11) is -1.84. The number of amides is 1. The lowest BCUT2D eigenvalue weighted by atomic mass is 10.1. The highest BCUT2D eigenvalue weighted by Crippen LogP contribution is 2.41. The van der Waals surface area contributed by atoms with E-state index in [1.165, 1.54) is 6.33 Å². The average molecular weight is 667 g/mol. The second-order valence-electron chi connectivity index (χ2n) is 14.8. The zero-order chi connectivity index (χ0) is 34.8. The van der Waals surface area contributed by atoms with Crippen molar-refractivity contribution < 1.29 is 14.3 Å². The predicted octanol–water partition coefficient (Wildman–Crippen LogP) is 9.01. The molecule has 0 radical (unpaired) electrons. The second-order valence-corrected chi connectivity index (χ2v) is 20.4. The largest absolute Gasteiger partial charge is 0.457 e. The van der Waals surface area contributed by atoms with Crippen LogP contribution in [0.15, 0.2) is 54.9 Å². The molecule has 254 valence electrons. The van der Waals surface area contributed by atoms with Gasteiger partial charge in [0.1, 0.15) is 43.0 Å². The lowest BCUT2D eigenvalue weighted by molar-refractivity contribution is 0.0169. The van der Waals surface area contributed by atoms with Crippen LogP contribution in [0.3, 0.4) is 0 Å². The third kappa shape index (κ3) is 7.36. The van der Waals surface area contributed by atoms with Gasteiger partial charge in [0, 0.05) is 24.2 Å². The van der Waals surface area contributed by atoms with Gasteiger partial charge < -0.3 is 20.1 Å². The molecule has 3 heterocycles. The number of hydrogen-bond acceptors (Lipinski definition) is 7. The van der Waals surface area contributed by atoms with Gasteiger partial charge in [-0.2, -0.15) is 5.10 Å². The number of nitrogens with two attached hydrogens (primary N) is 1. The Kier molecular flexibility index (Phi) is 10.2. The maximum atomic E-state index is 12.9. The van der Waals surface area contributed by atoms with Crippen LogP contribution in [0, 0.1) is 11.5 Å². The molecule has 9 nitrogen and oxygen atoms in total. The molecule has 4 aromatic rings. The normalized spacial score (nSPS) is 15.6. The molecule has 1 aliphatic rings. The first-order valence-corrected chi connectivity index (χ1v) is 19.3. The van der Waals surface area contributed by atoms with Gasteiger partial charge in [-0.1, -0.05) is 53.5 Å². The molecule has 2 aromatic heterocycles. The Morgan fingerprint density at radius 1 is 0.979 bits per heavy atom. The van der Waals surface area contributed by atoms with Crippen LogP contribution in [0.5, 0.6) is 11.5 Å². The quantitative estimate of drug-likeness (QED) is 0.155. The molecule has 5 rings (SSSR count). The minimum absolute atomic E-state index is 0.0794. The molecule has 1 fully saturated rings. The van der Waals surface area contributed by atoms with Crippen LogP contribution in [-0.4, -0.2) is 57.5 Å². The molecule has 2 aromatic carbocycles. The van der Waals surface area contributed by atoms with Crippen LogP contribution in [0.2, 0.25) is 16.6 Å². The first-order valence-electron chi connectivity index (χ1n) is 17.1. The molecule has 0 unspecified atom stereocenters. The number of carbonyl (C=O) groups is 1. The lowest BCUT2D eigenvalue weighted by Gasteiger charge is -2.38. The van der Waals surface area contributed by atoms with Crippen molar-refractivity contribution in [3.05, 3.63) is 60.4 Å². The Bertz CT molecular complexity index is 1790. The highest BCUT2D eigenvalue weighted by atomic mass is 28.3. The van der Waals surface area contributed by atoms with E-state index in [1.54, 1.807) is 4.90 Å². The third-order valence-corrected chi connectivity index (χ3v) is 15.7. The van der Waals surface area contributed by atoms with Crippen molar-refractivity contribution in [3.8, 4) is 34.2 Å². The number of aromatic nitrogens is 4. The van der Waals surface area contributed by atoms with Crippen molar-refractivity contribution in [3.63, 3.8) is 0 Å². The summed E-state index contributed by atoms with van der Waals surface area (Å²) in [4.78, 5) is 23.5. The van der Waals surface area contributed by atoms with Gasteiger partial charge in [-0.3, -0.25) is 0 Å². The summed E-state index contributed by atoms with van der Waals surface area (Å²) in [5.74, 6) is 5.32. The van der Waals surface area contributed by atoms with Crippen LogP contribution < -0.4 is 10.5 Å². The van der Waals surface area contributed by atoms with Crippen molar-refractivity contribution in [2.75, 3.05) is 18.8 Å². The minimum Gasteiger partial charge on any atom is -0.457 e. The Balaban J connectivity index is 1.39. The summed E-state index contributed by atoms with van der Waals surface area (Å²) >= 11 is 0. The summed E-state index contributed by atoms with van der Waals surface area (Å²) in [5.41, 5.74) is 14.5. The average Bonchev–Trinajstić information content (AvgIpc) is 3.42. The number of fused-ring (bicyclic) bond motifs is 1. The number of benzene rings is 2. The molecule has 1 atom stereocenters. The Morgan fingerprint density at radius 3 is 2.31 bits per heavy atom. The molecular formula is C38H50N6O3Si. The Hall–Kier alpha value is -4.36. The number of hydrogen-bond donors (Lipinski definition) is 1. The highest BCUT2D eigenvalue weighted by Gasteiger charge is 2.41. The Morgan fingerprint density at radius 2 is 1.67 bits per heavy atom.